The molecule has 4 fully saturated rings. The van der Waals surface area contributed by atoms with Crippen molar-refractivity contribution in [1.82, 2.24) is 15.1 Å². The molecule has 1 N–H and O–H groups in total. The van der Waals surface area contributed by atoms with E-state index in [9.17, 15) is 4.79 Å². The number of hydrogen-bond donors (Lipinski definition) is 1. The minimum absolute atomic E-state index is 0. The zero-order valence-electron chi connectivity index (χ0n) is 14.6. The van der Waals surface area contributed by atoms with Gasteiger partial charge in [-0.25, -0.2) is 0 Å². The fraction of sp³-hybridized carbons (Fsp3) is 0.944. The van der Waals surface area contributed by atoms with Crippen molar-refractivity contribution in [3.8, 4) is 0 Å². The van der Waals surface area contributed by atoms with Gasteiger partial charge in [0.1, 0.15) is 0 Å². The second kappa shape index (κ2) is 9.07. The zero-order valence-corrected chi connectivity index (χ0v) is 16.3. The quantitative estimate of drug-likeness (QED) is 0.803. The summed E-state index contributed by atoms with van der Waals surface area (Å²) < 4.78 is 0. The summed E-state index contributed by atoms with van der Waals surface area (Å²) in [6.45, 7) is 4.46. The summed E-state index contributed by atoms with van der Waals surface area (Å²) in [5, 5.41) is 3.66. The van der Waals surface area contributed by atoms with Gasteiger partial charge in [-0.05, 0) is 57.5 Å². The molecular weight excluding hydrogens is 345 g/mol. The Kier molecular flexibility index (Phi) is 7.66. The SMILES string of the molecule is Cl.Cl.O=C(C1CC2CCCCC2N1)N1CCC(N2CCCCC2)C1. The first-order chi connectivity index (χ1) is 10.8. The molecule has 6 heteroatoms. The lowest BCUT2D eigenvalue weighted by atomic mass is 9.85. The van der Waals surface area contributed by atoms with Crippen molar-refractivity contribution >= 4 is 30.7 Å². The molecule has 24 heavy (non-hydrogen) atoms. The third kappa shape index (κ3) is 4.20. The van der Waals surface area contributed by atoms with Gasteiger partial charge in [0.15, 0.2) is 0 Å². The topological polar surface area (TPSA) is 35.6 Å². The van der Waals surface area contributed by atoms with Crippen LogP contribution < -0.4 is 5.32 Å². The Balaban J connectivity index is 0.00000104. The van der Waals surface area contributed by atoms with Crippen LogP contribution in [0.3, 0.4) is 0 Å². The summed E-state index contributed by atoms with van der Waals surface area (Å²) in [6, 6.07) is 1.38. The number of hydrogen-bond acceptors (Lipinski definition) is 3. The van der Waals surface area contributed by atoms with Gasteiger partial charge in [0.25, 0.3) is 0 Å². The van der Waals surface area contributed by atoms with Gasteiger partial charge in [-0.15, -0.1) is 24.8 Å². The molecule has 0 aromatic carbocycles. The highest BCUT2D eigenvalue weighted by Gasteiger charge is 2.41. The molecule has 0 spiro atoms. The largest absolute Gasteiger partial charge is 0.340 e. The molecule has 1 amide bonds. The normalized spacial score (nSPS) is 36.6. The van der Waals surface area contributed by atoms with E-state index in [-0.39, 0.29) is 30.9 Å². The van der Waals surface area contributed by atoms with Crippen molar-refractivity contribution in [3.63, 3.8) is 0 Å². The van der Waals surface area contributed by atoms with Crippen LogP contribution in [0.15, 0.2) is 0 Å². The molecule has 0 radical (unpaired) electrons. The number of piperidine rings is 1. The van der Waals surface area contributed by atoms with E-state index in [0.29, 0.717) is 18.0 Å². The Morgan fingerprint density at radius 1 is 0.875 bits per heavy atom. The lowest BCUT2D eigenvalue weighted by Crippen LogP contribution is -2.46. The number of rotatable bonds is 2. The molecular formula is C18H33Cl2N3O. The van der Waals surface area contributed by atoms with Crippen LogP contribution in [0.1, 0.15) is 57.8 Å². The second-order valence-corrected chi connectivity index (χ2v) is 7.93. The lowest BCUT2D eigenvalue weighted by Gasteiger charge is -2.32. The van der Waals surface area contributed by atoms with Crippen molar-refractivity contribution in [2.24, 2.45) is 5.92 Å². The Morgan fingerprint density at radius 3 is 2.38 bits per heavy atom. The monoisotopic (exact) mass is 377 g/mol. The van der Waals surface area contributed by atoms with Crippen molar-refractivity contribution in [2.75, 3.05) is 26.2 Å². The van der Waals surface area contributed by atoms with Gasteiger partial charge in [0.05, 0.1) is 6.04 Å². The van der Waals surface area contributed by atoms with Crippen molar-refractivity contribution in [2.45, 2.75) is 75.9 Å². The zero-order chi connectivity index (χ0) is 14.9. The van der Waals surface area contributed by atoms with Crippen LogP contribution in [0, 0.1) is 5.92 Å². The first-order valence-electron chi connectivity index (χ1n) is 9.60. The van der Waals surface area contributed by atoms with Gasteiger partial charge in [0.2, 0.25) is 5.91 Å². The van der Waals surface area contributed by atoms with E-state index in [1.54, 1.807) is 0 Å². The predicted molar refractivity (Wildman–Crippen MR) is 102 cm³/mol. The minimum atomic E-state index is 0. The van der Waals surface area contributed by atoms with Crippen LogP contribution in [-0.4, -0.2) is 60.0 Å². The van der Waals surface area contributed by atoms with Crippen LogP contribution >= 0.6 is 24.8 Å². The Labute approximate surface area is 158 Å². The number of amides is 1. The van der Waals surface area contributed by atoms with Crippen molar-refractivity contribution in [3.05, 3.63) is 0 Å². The Bertz CT molecular complexity index is 403. The number of fused-ring (bicyclic) bond motifs is 1. The maximum Gasteiger partial charge on any atom is 0.239 e. The number of carbonyl (C=O) groups is 1. The van der Waals surface area contributed by atoms with Crippen LogP contribution in [0.4, 0.5) is 0 Å². The average Bonchev–Trinajstić information content (AvgIpc) is 3.22. The second-order valence-electron chi connectivity index (χ2n) is 7.93. The fourth-order valence-electron chi connectivity index (χ4n) is 5.25. The standard InChI is InChI=1S/C18H31N3O.2ClH/c22-18(17-12-14-6-2-3-7-16(14)19-17)21-11-8-15(13-21)20-9-4-1-5-10-20;;/h14-17,19H,1-13H2;2*1H. The Hall–Kier alpha value is -0.0300. The first kappa shape index (κ1) is 20.3. The molecule has 3 saturated heterocycles. The number of carbonyl (C=O) groups excluding carboxylic acids is 1. The van der Waals surface area contributed by atoms with E-state index in [0.717, 1.165) is 25.4 Å². The third-order valence-electron chi connectivity index (χ3n) is 6.54. The van der Waals surface area contributed by atoms with Crippen molar-refractivity contribution in [1.29, 1.82) is 0 Å². The van der Waals surface area contributed by atoms with Crippen molar-refractivity contribution < 1.29 is 4.79 Å². The summed E-state index contributed by atoms with van der Waals surface area (Å²) in [4.78, 5) is 17.7. The van der Waals surface area contributed by atoms with Crippen LogP contribution in [0.5, 0.6) is 0 Å². The van der Waals surface area contributed by atoms with Gasteiger partial charge in [0, 0.05) is 25.2 Å². The maximum atomic E-state index is 12.9. The molecule has 0 bridgehead atoms. The molecule has 3 aliphatic heterocycles. The van der Waals surface area contributed by atoms with E-state index in [2.05, 4.69) is 15.1 Å². The molecule has 0 aromatic heterocycles. The van der Waals surface area contributed by atoms with E-state index in [1.165, 1.54) is 64.5 Å². The molecule has 1 aliphatic carbocycles. The molecule has 4 atom stereocenters. The smallest absolute Gasteiger partial charge is 0.239 e. The Morgan fingerprint density at radius 2 is 1.62 bits per heavy atom. The highest BCUT2D eigenvalue weighted by Crippen LogP contribution is 2.34. The highest BCUT2D eigenvalue weighted by molar-refractivity contribution is 5.85. The molecule has 1 saturated carbocycles. The van der Waals surface area contributed by atoms with Gasteiger partial charge in [-0.1, -0.05) is 19.3 Å². The molecule has 0 aromatic rings. The number of nitrogens with zero attached hydrogens (tertiary/aromatic N) is 2. The fourth-order valence-corrected chi connectivity index (χ4v) is 5.25. The van der Waals surface area contributed by atoms with Crippen LogP contribution in [-0.2, 0) is 4.79 Å². The van der Waals surface area contributed by atoms with Gasteiger partial charge < -0.3 is 10.2 Å². The summed E-state index contributed by atoms with van der Waals surface area (Å²) >= 11 is 0. The molecule has 4 unspecified atom stereocenters. The third-order valence-corrected chi connectivity index (χ3v) is 6.54. The molecule has 3 heterocycles. The number of halogens is 2. The van der Waals surface area contributed by atoms with E-state index >= 15 is 0 Å². The average molecular weight is 378 g/mol. The number of likely N-dealkylation sites (tertiary alicyclic amines) is 2. The highest BCUT2D eigenvalue weighted by atomic mass is 35.5. The summed E-state index contributed by atoms with van der Waals surface area (Å²) in [7, 11) is 0. The van der Waals surface area contributed by atoms with Gasteiger partial charge >= 0.3 is 0 Å². The van der Waals surface area contributed by atoms with E-state index < -0.39 is 0 Å². The summed E-state index contributed by atoms with van der Waals surface area (Å²) in [6.07, 6.45) is 11.7. The molecule has 4 aliphatic rings. The number of nitrogens with one attached hydrogen (secondary N) is 1. The minimum Gasteiger partial charge on any atom is -0.340 e. The van der Waals surface area contributed by atoms with E-state index in [4.69, 9.17) is 0 Å². The molecule has 4 nitrogen and oxygen atoms in total. The van der Waals surface area contributed by atoms with Crippen LogP contribution in [0.25, 0.3) is 0 Å². The lowest BCUT2D eigenvalue weighted by molar-refractivity contribution is -0.132. The maximum absolute atomic E-state index is 12.9. The predicted octanol–water partition coefficient (Wildman–Crippen LogP) is 2.84. The van der Waals surface area contributed by atoms with E-state index in [1.807, 2.05) is 0 Å². The van der Waals surface area contributed by atoms with Gasteiger partial charge in [-0.3, -0.25) is 9.69 Å². The molecule has 140 valence electrons. The first-order valence-corrected chi connectivity index (χ1v) is 9.60. The summed E-state index contributed by atoms with van der Waals surface area (Å²) in [5.41, 5.74) is 0. The van der Waals surface area contributed by atoms with Gasteiger partial charge in [-0.2, -0.15) is 0 Å². The van der Waals surface area contributed by atoms with Crippen LogP contribution in [0.2, 0.25) is 0 Å². The molecule has 4 rings (SSSR count). The summed E-state index contributed by atoms with van der Waals surface area (Å²) in [5.74, 6) is 1.16.